The summed E-state index contributed by atoms with van der Waals surface area (Å²) in [7, 11) is 5.45. The van der Waals surface area contributed by atoms with E-state index in [9.17, 15) is 5.11 Å². The Morgan fingerprint density at radius 1 is 1.19 bits per heavy atom. The van der Waals surface area contributed by atoms with Crippen molar-refractivity contribution in [2.24, 2.45) is 0 Å². The van der Waals surface area contributed by atoms with Gasteiger partial charge >= 0.3 is 0 Å². The molecule has 1 aromatic rings. The number of hydrogen-bond acceptors (Lipinski definition) is 4. The summed E-state index contributed by atoms with van der Waals surface area (Å²) in [4.78, 5) is 1.92. The number of benzene rings is 1. The second kappa shape index (κ2) is 6.35. The molecule has 0 aliphatic heterocycles. The highest BCUT2D eigenvalue weighted by atomic mass is 16.5. The first-order valence-electron chi connectivity index (χ1n) is 5.21. The molecule has 4 heteroatoms. The highest BCUT2D eigenvalue weighted by Crippen LogP contribution is 2.16. The molecule has 1 aromatic carbocycles. The predicted molar refractivity (Wildman–Crippen MR) is 63.0 cm³/mol. The number of nitrogens with zero attached hydrogens (tertiary/aromatic N) is 1. The Labute approximate surface area is 96.4 Å². The summed E-state index contributed by atoms with van der Waals surface area (Å²) >= 11 is 0. The maximum atomic E-state index is 9.59. The van der Waals surface area contributed by atoms with Crippen LogP contribution in [-0.4, -0.2) is 50.5 Å². The minimum Gasteiger partial charge on any atom is -0.497 e. The summed E-state index contributed by atoms with van der Waals surface area (Å²) in [6.45, 7) is 0.890. The smallest absolute Gasteiger partial charge is 0.119 e. The van der Waals surface area contributed by atoms with Crippen LogP contribution in [0.1, 0.15) is 0 Å². The number of aliphatic hydroxyl groups is 1. The van der Waals surface area contributed by atoms with Crippen molar-refractivity contribution in [1.82, 2.24) is 4.90 Å². The molecule has 1 atom stereocenters. The molecule has 0 spiro atoms. The number of ether oxygens (including phenoxy) is 2. The highest BCUT2D eigenvalue weighted by molar-refractivity contribution is 5.31. The van der Waals surface area contributed by atoms with E-state index >= 15 is 0 Å². The van der Waals surface area contributed by atoms with E-state index in [0.717, 1.165) is 11.5 Å². The third kappa shape index (κ3) is 4.51. The van der Waals surface area contributed by atoms with E-state index in [0.29, 0.717) is 13.2 Å². The number of rotatable bonds is 6. The molecule has 0 aliphatic carbocycles. The summed E-state index contributed by atoms with van der Waals surface area (Å²) in [6, 6.07) is 7.30. The Balaban J connectivity index is 2.36. The molecule has 90 valence electrons. The number of aliphatic hydroxyl groups excluding tert-OH is 1. The van der Waals surface area contributed by atoms with Crippen molar-refractivity contribution in [2.45, 2.75) is 6.10 Å². The van der Waals surface area contributed by atoms with Gasteiger partial charge in [0.25, 0.3) is 0 Å². The van der Waals surface area contributed by atoms with Gasteiger partial charge < -0.3 is 19.5 Å². The van der Waals surface area contributed by atoms with Crippen LogP contribution in [-0.2, 0) is 0 Å². The minimum absolute atomic E-state index is 0.296. The fourth-order valence-electron chi connectivity index (χ4n) is 1.34. The highest BCUT2D eigenvalue weighted by Gasteiger charge is 2.06. The topological polar surface area (TPSA) is 41.9 Å². The van der Waals surface area contributed by atoms with Crippen LogP contribution in [0.5, 0.6) is 11.5 Å². The molecular formula is C12H19NO3. The molecule has 0 fully saturated rings. The third-order valence-electron chi connectivity index (χ3n) is 2.08. The first kappa shape index (κ1) is 12.8. The molecule has 1 unspecified atom stereocenters. The molecule has 0 aromatic heterocycles. The van der Waals surface area contributed by atoms with E-state index in [1.807, 2.05) is 43.3 Å². The van der Waals surface area contributed by atoms with E-state index < -0.39 is 6.10 Å². The van der Waals surface area contributed by atoms with E-state index in [1.165, 1.54) is 0 Å². The number of methoxy groups -OCH3 is 1. The summed E-state index contributed by atoms with van der Waals surface area (Å²) < 4.78 is 10.5. The van der Waals surface area contributed by atoms with Gasteiger partial charge in [0.2, 0.25) is 0 Å². The van der Waals surface area contributed by atoms with E-state index in [4.69, 9.17) is 9.47 Å². The van der Waals surface area contributed by atoms with Crippen molar-refractivity contribution in [1.29, 1.82) is 0 Å². The van der Waals surface area contributed by atoms with Crippen molar-refractivity contribution in [3.63, 3.8) is 0 Å². The SMILES string of the molecule is COc1ccc(OCC(O)CN(C)C)cc1. The van der Waals surface area contributed by atoms with Gasteiger partial charge in [-0.2, -0.15) is 0 Å². The Morgan fingerprint density at radius 2 is 1.75 bits per heavy atom. The fraction of sp³-hybridized carbons (Fsp3) is 0.500. The largest absolute Gasteiger partial charge is 0.497 e. The van der Waals surface area contributed by atoms with Crippen LogP contribution in [0.15, 0.2) is 24.3 Å². The molecule has 0 aliphatic rings. The van der Waals surface area contributed by atoms with Crippen molar-refractivity contribution in [2.75, 3.05) is 34.4 Å². The summed E-state index contributed by atoms with van der Waals surface area (Å²) in [6.07, 6.45) is -0.475. The Kier molecular flexibility index (Phi) is 5.08. The van der Waals surface area contributed by atoms with Gasteiger partial charge in [0.05, 0.1) is 7.11 Å². The quantitative estimate of drug-likeness (QED) is 0.784. The monoisotopic (exact) mass is 225 g/mol. The van der Waals surface area contributed by atoms with Crippen LogP contribution in [0.3, 0.4) is 0 Å². The number of likely N-dealkylation sites (N-methyl/N-ethyl adjacent to an activating group) is 1. The summed E-state index contributed by atoms with van der Waals surface area (Å²) in [5.74, 6) is 1.53. The molecule has 16 heavy (non-hydrogen) atoms. The van der Waals surface area contributed by atoms with Crippen LogP contribution >= 0.6 is 0 Å². The summed E-state index contributed by atoms with van der Waals surface area (Å²) in [5, 5.41) is 9.59. The van der Waals surface area contributed by atoms with Gasteiger partial charge in [-0.05, 0) is 38.4 Å². The lowest BCUT2D eigenvalue weighted by molar-refractivity contribution is 0.0831. The molecule has 1 N–H and O–H groups in total. The van der Waals surface area contributed by atoms with Crippen molar-refractivity contribution in [3.05, 3.63) is 24.3 Å². The lowest BCUT2D eigenvalue weighted by Crippen LogP contribution is -2.30. The lowest BCUT2D eigenvalue weighted by atomic mass is 10.3. The van der Waals surface area contributed by atoms with Crippen LogP contribution < -0.4 is 9.47 Å². The molecule has 0 amide bonds. The normalized spacial score (nSPS) is 12.6. The zero-order valence-corrected chi connectivity index (χ0v) is 10.0. The zero-order chi connectivity index (χ0) is 12.0. The second-order valence-corrected chi connectivity index (χ2v) is 3.90. The average Bonchev–Trinajstić information content (AvgIpc) is 2.26. The van der Waals surface area contributed by atoms with Crippen LogP contribution in [0.25, 0.3) is 0 Å². The Morgan fingerprint density at radius 3 is 2.25 bits per heavy atom. The van der Waals surface area contributed by atoms with E-state index in [2.05, 4.69) is 0 Å². The van der Waals surface area contributed by atoms with Gasteiger partial charge in [0, 0.05) is 6.54 Å². The van der Waals surface area contributed by atoms with E-state index in [-0.39, 0.29) is 0 Å². The maximum absolute atomic E-state index is 9.59. The van der Waals surface area contributed by atoms with Gasteiger partial charge in [0.1, 0.15) is 24.2 Å². The molecule has 1 rings (SSSR count). The molecule has 0 bridgehead atoms. The second-order valence-electron chi connectivity index (χ2n) is 3.90. The minimum atomic E-state index is -0.475. The van der Waals surface area contributed by atoms with Gasteiger partial charge in [-0.1, -0.05) is 0 Å². The third-order valence-corrected chi connectivity index (χ3v) is 2.08. The van der Waals surface area contributed by atoms with Gasteiger partial charge in [-0.3, -0.25) is 0 Å². The zero-order valence-electron chi connectivity index (χ0n) is 10.0. The molecule has 0 radical (unpaired) electrons. The molecule has 0 heterocycles. The number of hydrogen-bond donors (Lipinski definition) is 1. The molecule has 4 nitrogen and oxygen atoms in total. The summed E-state index contributed by atoms with van der Waals surface area (Å²) in [5.41, 5.74) is 0. The first-order valence-corrected chi connectivity index (χ1v) is 5.21. The van der Waals surface area contributed by atoms with Gasteiger partial charge in [-0.25, -0.2) is 0 Å². The molecule has 0 saturated carbocycles. The molecule has 0 saturated heterocycles. The molecular weight excluding hydrogens is 206 g/mol. The lowest BCUT2D eigenvalue weighted by Gasteiger charge is -2.16. The van der Waals surface area contributed by atoms with Crippen molar-refractivity contribution >= 4 is 0 Å². The maximum Gasteiger partial charge on any atom is 0.119 e. The van der Waals surface area contributed by atoms with Crippen LogP contribution in [0.4, 0.5) is 0 Å². The Bertz CT molecular complexity index is 298. The predicted octanol–water partition coefficient (Wildman–Crippen LogP) is 0.996. The Hall–Kier alpha value is -1.26. The van der Waals surface area contributed by atoms with Crippen LogP contribution in [0.2, 0.25) is 0 Å². The van der Waals surface area contributed by atoms with Crippen molar-refractivity contribution < 1.29 is 14.6 Å². The average molecular weight is 225 g/mol. The van der Waals surface area contributed by atoms with Crippen LogP contribution in [0, 0.1) is 0 Å². The van der Waals surface area contributed by atoms with E-state index in [1.54, 1.807) is 7.11 Å². The fourth-order valence-corrected chi connectivity index (χ4v) is 1.34. The van der Waals surface area contributed by atoms with Crippen molar-refractivity contribution in [3.8, 4) is 11.5 Å². The van der Waals surface area contributed by atoms with Gasteiger partial charge in [0.15, 0.2) is 0 Å². The van der Waals surface area contributed by atoms with Gasteiger partial charge in [-0.15, -0.1) is 0 Å². The first-order chi connectivity index (χ1) is 7.61. The standard InChI is InChI=1S/C12H19NO3/c1-13(2)8-10(14)9-16-12-6-4-11(15-3)5-7-12/h4-7,10,14H,8-9H2,1-3H3.